The van der Waals surface area contributed by atoms with Crippen molar-refractivity contribution in [1.29, 1.82) is 0 Å². The number of hydrogen-bond donors (Lipinski definition) is 1. The van der Waals surface area contributed by atoms with Gasteiger partial charge in [0.05, 0.1) is 11.9 Å². The maximum atomic E-state index is 13.5. The summed E-state index contributed by atoms with van der Waals surface area (Å²) in [5.41, 5.74) is 2.69. The molecule has 0 saturated heterocycles. The van der Waals surface area contributed by atoms with Crippen molar-refractivity contribution in [2.45, 2.75) is 59.7 Å². The molecule has 0 aliphatic carbocycles. The lowest BCUT2D eigenvalue weighted by molar-refractivity contribution is -0.140. The second kappa shape index (κ2) is 10.4. The van der Waals surface area contributed by atoms with E-state index in [9.17, 15) is 18.0 Å². The van der Waals surface area contributed by atoms with Crippen LogP contribution >= 0.6 is 0 Å². The van der Waals surface area contributed by atoms with Gasteiger partial charge >= 0.3 is 0 Å². The van der Waals surface area contributed by atoms with Crippen LogP contribution in [-0.4, -0.2) is 49.5 Å². The number of nitrogens with zero attached hydrogens (tertiary/aromatic N) is 2. The summed E-state index contributed by atoms with van der Waals surface area (Å²) in [5.74, 6) is -0.757. The lowest BCUT2D eigenvalue weighted by atomic mass is 10.1. The van der Waals surface area contributed by atoms with Crippen molar-refractivity contribution in [2.24, 2.45) is 0 Å². The molecule has 2 amide bonds. The maximum Gasteiger partial charge on any atom is 0.244 e. The summed E-state index contributed by atoms with van der Waals surface area (Å²) in [5, 5.41) is 2.91. The zero-order chi connectivity index (χ0) is 25.0. The van der Waals surface area contributed by atoms with Gasteiger partial charge in [0.15, 0.2) is 0 Å². The van der Waals surface area contributed by atoms with Crippen molar-refractivity contribution < 1.29 is 18.0 Å². The number of carbonyl (C=O) groups is 2. The van der Waals surface area contributed by atoms with Crippen LogP contribution in [0.4, 0.5) is 5.69 Å². The molecule has 0 aromatic heterocycles. The molecule has 8 heteroatoms. The van der Waals surface area contributed by atoms with Gasteiger partial charge in [-0.25, -0.2) is 8.42 Å². The summed E-state index contributed by atoms with van der Waals surface area (Å²) in [6, 6.07) is 13.8. The van der Waals surface area contributed by atoms with E-state index in [2.05, 4.69) is 5.32 Å². The minimum atomic E-state index is -3.73. The Morgan fingerprint density at radius 3 is 2.21 bits per heavy atom. The lowest BCUT2D eigenvalue weighted by Crippen LogP contribution is -2.54. The fourth-order valence-electron chi connectivity index (χ4n) is 3.42. The van der Waals surface area contributed by atoms with Crippen LogP contribution in [0.2, 0.25) is 0 Å². The molecule has 0 aliphatic rings. The van der Waals surface area contributed by atoms with Crippen LogP contribution in [0.3, 0.4) is 0 Å². The van der Waals surface area contributed by atoms with Gasteiger partial charge in [0, 0.05) is 12.1 Å². The number of hydrogen-bond acceptors (Lipinski definition) is 4. The average molecular weight is 474 g/mol. The Hall–Kier alpha value is -2.87. The summed E-state index contributed by atoms with van der Waals surface area (Å²) in [4.78, 5) is 27.9. The third-order valence-corrected chi connectivity index (χ3v) is 6.38. The zero-order valence-electron chi connectivity index (χ0n) is 20.5. The minimum absolute atomic E-state index is 0.190. The molecular formula is C25H35N3O4S. The van der Waals surface area contributed by atoms with Gasteiger partial charge in [0.2, 0.25) is 21.8 Å². The molecule has 1 N–H and O–H groups in total. The molecule has 2 aromatic rings. The Morgan fingerprint density at radius 2 is 1.67 bits per heavy atom. The third kappa shape index (κ3) is 7.60. The van der Waals surface area contributed by atoms with Crippen molar-refractivity contribution in [3.05, 3.63) is 65.2 Å². The Morgan fingerprint density at radius 1 is 1.03 bits per heavy atom. The van der Waals surface area contributed by atoms with Crippen molar-refractivity contribution in [3.8, 4) is 0 Å². The summed E-state index contributed by atoms with van der Waals surface area (Å²) in [6.07, 6.45) is 1.07. The van der Waals surface area contributed by atoms with Gasteiger partial charge < -0.3 is 10.2 Å². The molecule has 0 bridgehead atoms. The summed E-state index contributed by atoms with van der Waals surface area (Å²) >= 11 is 0. The van der Waals surface area contributed by atoms with Gasteiger partial charge in [0.25, 0.3) is 0 Å². The van der Waals surface area contributed by atoms with E-state index in [0.29, 0.717) is 5.69 Å². The number of rotatable bonds is 8. The van der Waals surface area contributed by atoms with Crippen LogP contribution in [0.25, 0.3) is 0 Å². The monoisotopic (exact) mass is 473 g/mol. The number of carbonyl (C=O) groups excluding carboxylic acids is 2. The smallest absolute Gasteiger partial charge is 0.244 e. The molecule has 7 nitrogen and oxygen atoms in total. The summed E-state index contributed by atoms with van der Waals surface area (Å²) < 4.78 is 26.2. The third-order valence-electron chi connectivity index (χ3n) is 5.24. The van der Waals surface area contributed by atoms with Crippen molar-refractivity contribution >= 4 is 27.5 Å². The summed E-state index contributed by atoms with van der Waals surface area (Å²) in [6.45, 7) is 10.9. The molecule has 180 valence electrons. The van der Waals surface area contributed by atoms with Gasteiger partial charge in [-0.2, -0.15) is 0 Å². The second-order valence-electron chi connectivity index (χ2n) is 9.47. The Bertz CT molecular complexity index is 1110. The van der Waals surface area contributed by atoms with E-state index in [1.807, 2.05) is 65.0 Å². The number of anilines is 1. The molecule has 0 fully saturated rings. The Balaban J connectivity index is 2.42. The normalized spacial score (nSPS) is 12.7. The highest BCUT2D eigenvalue weighted by atomic mass is 32.2. The number of nitrogens with one attached hydrogen (secondary N) is 1. The molecule has 2 aromatic carbocycles. The SMILES string of the molecule is Cc1cccc(N(CC(=O)N(Cc2ccccc2C)C(C)C(=O)NC(C)(C)C)S(C)(=O)=O)c1. The first-order chi connectivity index (χ1) is 15.2. The highest BCUT2D eigenvalue weighted by Gasteiger charge is 2.31. The average Bonchev–Trinajstić information content (AvgIpc) is 2.68. The Labute approximate surface area is 197 Å². The number of sulfonamides is 1. The van der Waals surface area contributed by atoms with E-state index in [1.54, 1.807) is 25.1 Å². The van der Waals surface area contributed by atoms with Crippen molar-refractivity contribution in [1.82, 2.24) is 10.2 Å². The van der Waals surface area contributed by atoms with E-state index in [0.717, 1.165) is 27.3 Å². The van der Waals surface area contributed by atoms with Crippen LogP contribution in [0, 0.1) is 13.8 Å². The minimum Gasteiger partial charge on any atom is -0.350 e. The van der Waals surface area contributed by atoms with Gasteiger partial charge in [0.1, 0.15) is 12.6 Å². The van der Waals surface area contributed by atoms with Crippen molar-refractivity contribution in [2.75, 3.05) is 17.1 Å². The Kier molecular flexibility index (Phi) is 8.30. The van der Waals surface area contributed by atoms with E-state index in [4.69, 9.17) is 0 Å². The second-order valence-corrected chi connectivity index (χ2v) is 11.4. The molecular weight excluding hydrogens is 438 g/mol. The fraction of sp³-hybridized carbons (Fsp3) is 0.440. The van der Waals surface area contributed by atoms with Gasteiger partial charge in [-0.05, 0) is 70.4 Å². The van der Waals surface area contributed by atoms with E-state index < -0.39 is 34.1 Å². The largest absolute Gasteiger partial charge is 0.350 e. The van der Waals surface area contributed by atoms with Gasteiger partial charge in [-0.15, -0.1) is 0 Å². The highest BCUT2D eigenvalue weighted by molar-refractivity contribution is 7.92. The van der Waals surface area contributed by atoms with E-state index in [1.165, 1.54) is 4.90 Å². The van der Waals surface area contributed by atoms with Crippen LogP contribution in [0.1, 0.15) is 44.4 Å². The van der Waals surface area contributed by atoms with Gasteiger partial charge in [-0.1, -0.05) is 36.4 Å². The predicted octanol–water partition coefficient (Wildman–Crippen LogP) is 3.40. The van der Waals surface area contributed by atoms with Crippen LogP contribution in [0.5, 0.6) is 0 Å². The quantitative estimate of drug-likeness (QED) is 0.637. The zero-order valence-corrected chi connectivity index (χ0v) is 21.4. The van der Waals surface area contributed by atoms with Gasteiger partial charge in [-0.3, -0.25) is 13.9 Å². The molecule has 33 heavy (non-hydrogen) atoms. The first-order valence-electron chi connectivity index (χ1n) is 10.9. The summed E-state index contributed by atoms with van der Waals surface area (Å²) in [7, 11) is -3.73. The maximum absolute atomic E-state index is 13.5. The lowest BCUT2D eigenvalue weighted by Gasteiger charge is -2.33. The molecule has 0 spiro atoms. The van der Waals surface area contributed by atoms with Crippen LogP contribution in [0.15, 0.2) is 48.5 Å². The predicted molar refractivity (Wildman–Crippen MR) is 132 cm³/mol. The standard InChI is InChI=1S/C25H35N3O4S/c1-18-11-10-14-22(15-18)28(33(7,31)32)17-23(29)27(16-21-13-9-8-12-19(21)2)20(3)24(30)26-25(4,5)6/h8-15,20H,16-17H2,1-7H3,(H,26,30). The number of benzene rings is 2. The molecule has 1 atom stereocenters. The van der Waals surface area contributed by atoms with Crippen molar-refractivity contribution in [3.63, 3.8) is 0 Å². The molecule has 2 rings (SSSR count). The molecule has 1 unspecified atom stereocenters. The molecule has 0 aliphatic heterocycles. The highest BCUT2D eigenvalue weighted by Crippen LogP contribution is 2.21. The topological polar surface area (TPSA) is 86.8 Å². The van der Waals surface area contributed by atoms with Crippen LogP contribution < -0.4 is 9.62 Å². The molecule has 0 radical (unpaired) electrons. The molecule has 0 heterocycles. The van der Waals surface area contributed by atoms with E-state index >= 15 is 0 Å². The number of amides is 2. The first kappa shape index (κ1) is 26.4. The van der Waals surface area contributed by atoms with E-state index in [-0.39, 0.29) is 12.5 Å². The van der Waals surface area contributed by atoms with Crippen LogP contribution in [-0.2, 0) is 26.2 Å². The number of aryl methyl sites for hydroxylation is 2. The first-order valence-corrected chi connectivity index (χ1v) is 12.7. The fourth-order valence-corrected chi connectivity index (χ4v) is 4.27. The molecule has 0 saturated carbocycles.